The van der Waals surface area contributed by atoms with Crippen LogP contribution in [0.5, 0.6) is 5.88 Å². The molecule has 13 heteroatoms. The van der Waals surface area contributed by atoms with E-state index in [-0.39, 0.29) is 17.9 Å². The number of amides is 1. The minimum Gasteiger partial charge on any atom is -0.477 e. The van der Waals surface area contributed by atoms with E-state index >= 15 is 0 Å². The van der Waals surface area contributed by atoms with Crippen LogP contribution in [0.25, 0.3) is 10.6 Å². The number of nitrogens with one attached hydrogen (secondary N) is 2. The fraction of sp³-hybridized carbons (Fsp3) is 0.350. The van der Waals surface area contributed by atoms with Crippen LogP contribution in [0.1, 0.15) is 30.5 Å². The Balaban J connectivity index is 0.000000189. The van der Waals surface area contributed by atoms with Crippen molar-refractivity contribution in [2.75, 3.05) is 11.3 Å². The maximum atomic E-state index is 13.9. The lowest BCUT2D eigenvalue weighted by molar-refractivity contribution is -0.109. The number of hydrogen-bond acceptors (Lipinski definition) is 9. The van der Waals surface area contributed by atoms with E-state index in [9.17, 15) is 17.6 Å². The summed E-state index contributed by atoms with van der Waals surface area (Å²) in [4.78, 5) is 27.5. The van der Waals surface area contributed by atoms with Crippen molar-refractivity contribution < 1.29 is 22.3 Å². The molecule has 0 spiro atoms. The number of rotatable bonds is 9. The van der Waals surface area contributed by atoms with Gasteiger partial charge in [0.25, 0.3) is 0 Å². The summed E-state index contributed by atoms with van der Waals surface area (Å²) < 4.78 is 44.7. The van der Waals surface area contributed by atoms with Gasteiger partial charge in [-0.25, -0.2) is 22.8 Å². The first kappa shape index (κ1) is 24.5. The van der Waals surface area contributed by atoms with Crippen LogP contribution >= 0.6 is 11.3 Å². The fourth-order valence-electron chi connectivity index (χ4n) is 2.61. The van der Waals surface area contributed by atoms with Gasteiger partial charge in [-0.15, -0.1) is 11.3 Å². The van der Waals surface area contributed by atoms with E-state index in [1.165, 1.54) is 12.3 Å². The normalized spacial score (nSPS) is 12.9. The number of aromatic nitrogens is 4. The van der Waals surface area contributed by atoms with Crippen LogP contribution in [0.15, 0.2) is 30.9 Å². The second kappa shape index (κ2) is 11.1. The minimum atomic E-state index is -3.51. The van der Waals surface area contributed by atoms with Crippen LogP contribution < -0.4 is 14.8 Å². The van der Waals surface area contributed by atoms with Crippen molar-refractivity contribution in [3.63, 3.8) is 0 Å². The predicted octanol–water partition coefficient (Wildman–Crippen LogP) is 2.68. The molecule has 1 fully saturated rings. The average Bonchev–Trinajstić information content (AvgIpc) is 3.57. The third-order valence-electron chi connectivity index (χ3n) is 4.31. The number of carbonyl (C=O) groups excluding carboxylic acids is 1. The van der Waals surface area contributed by atoms with Crippen LogP contribution in [0.3, 0.4) is 0 Å². The molecule has 3 aromatic heterocycles. The smallest absolute Gasteiger partial charge is 0.235 e. The molecule has 0 radical (unpaired) electrons. The summed E-state index contributed by atoms with van der Waals surface area (Å²) in [5, 5.41) is 2.86. The molecule has 1 aliphatic rings. The van der Waals surface area contributed by atoms with E-state index in [0.717, 1.165) is 15.6 Å². The van der Waals surface area contributed by atoms with E-state index < -0.39 is 21.1 Å². The van der Waals surface area contributed by atoms with Crippen LogP contribution in [0, 0.1) is 12.7 Å². The maximum absolute atomic E-state index is 13.9. The lowest BCUT2D eigenvalue weighted by Gasteiger charge is -2.09. The second-order valence-corrected chi connectivity index (χ2v) is 10.1. The molecule has 1 saturated carbocycles. The number of aryl methyl sites for hydroxylation is 1. The number of nitrogens with zero attached hydrogens (tertiary/aromatic N) is 4. The Morgan fingerprint density at radius 2 is 2.06 bits per heavy atom. The molecule has 0 atom stereocenters. The summed E-state index contributed by atoms with van der Waals surface area (Å²) >= 11 is 1.60. The highest BCUT2D eigenvalue weighted by Gasteiger charge is 2.36. The number of anilines is 1. The standard InChI is InChI=1S/C10H12FN3O3S.C10H11N3OS/c11-10-8(14-18(16,17)7-1-2-7)3-4-13-9(10)5-12-6-15;1-3-14-10-6-11-4-8(13-10)9-5-12-7(2)15-9/h3-4,6-7H,1-2,5H2,(H,12,15)(H,13,14);4-6H,3H2,1-2H3. The van der Waals surface area contributed by atoms with Gasteiger partial charge < -0.3 is 10.1 Å². The number of ether oxygens (including phenoxy) is 1. The molecule has 1 amide bonds. The minimum absolute atomic E-state index is 0.0157. The van der Waals surface area contributed by atoms with Gasteiger partial charge in [0, 0.05) is 12.4 Å². The van der Waals surface area contributed by atoms with Crippen molar-refractivity contribution >= 4 is 33.5 Å². The highest BCUT2D eigenvalue weighted by atomic mass is 32.2. The monoisotopic (exact) mass is 494 g/mol. The molecule has 10 nitrogen and oxygen atoms in total. The van der Waals surface area contributed by atoms with Gasteiger partial charge in [0.2, 0.25) is 22.3 Å². The van der Waals surface area contributed by atoms with E-state index in [0.29, 0.717) is 31.7 Å². The first-order chi connectivity index (χ1) is 15.8. The van der Waals surface area contributed by atoms with Crippen molar-refractivity contribution in [2.45, 2.75) is 38.5 Å². The molecule has 0 aromatic carbocycles. The van der Waals surface area contributed by atoms with Crippen LogP contribution in [-0.4, -0.2) is 46.6 Å². The first-order valence-electron chi connectivity index (χ1n) is 10.0. The predicted molar refractivity (Wildman–Crippen MR) is 122 cm³/mol. The summed E-state index contributed by atoms with van der Waals surface area (Å²) in [7, 11) is -3.51. The molecule has 0 aliphatic heterocycles. The molecule has 3 heterocycles. The number of thiazole rings is 1. The van der Waals surface area contributed by atoms with Crippen LogP contribution in [-0.2, 0) is 21.4 Å². The summed E-state index contributed by atoms with van der Waals surface area (Å²) in [5.41, 5.74) is 0.657. The Labute approximate surface area is 194 Å². The molecule has 4 rings (SSSR count). The van der Waals surface area contributed by atoms with Gasteiger partial charge >= 0.3 is 0 Å². The zero-order chi connectivity index (χ0) is 23.8. The number of sulfonamides is 1. The summed E-state index contributed by atoms with van der Waals surface area (Å²) in [5.74, 6) is -0.211. The van der Waals surface area contributed by atoms with Gasteiger partial charge in [0.1, 0.15) is 5.69 Å². The topological polar surface area (TPSA) is 136 Å². The highest BCUT2D eigenvalue weighted by Crippen LogP contribution is 2.30. The molecule has 0 saturated heterocycles. The number of halogens is 1. The third-order valence-corrected chi connectivity index (χ3v) is 7.10. The zero-order valence-electron chi connectivity index (χ0n) is 18.0. The third kappa shape index (κ3) is 6.89. The lowest BCUT2D eigenvalue weighted by atomic mass is 10.3. The van der Waals surface area contributed by atoms with Crippen molar-refractivity contribution in [3.8, 4) is 16.5 Å². The molecular formula is C20H23FN6O4S2. The summed E-state index contributed by atoms with van der Waals surface area (Å²) in [6.45, 7) is 4.40. The molecule has 0 bridgehead atoms. The lowest BCUT2D eigenvalue weighted by Crippen LogP contribution is -2.19. The first-order valence-corrected chi connectivity index (χ1v) is 12.4. The largest absolute Gasteiger partial charge is 0.477 e. The quantitative estimate of drug-likeness (QED) is 0.433. The Morgan fingerprint density at radius 3 is 2.70 bits per heavy atom. The van der Waals surface area contributed by atoms with E-state index in [1.54, 1.807) is 29.9 Å². The molecular weight excluding hydrogens is 471 g/mol. The van der Waals surface area contributed by atoms with Crippen LogP contribution in [0.4, 0.5) is 10.1 Å². The van der Waals surface area contributed by atoms with Gasteiger partial charge in [-0.2, -0.15) is 0 Å². The Hall–Kier alpha value is -3.19. The molecule has 176 valence electrons. The molecule has 3 aromatic rings. The van der Waals surface area contributed by atoms with Crippen molar-refractivity contribution in [3.05, 3.63) is 47.4 Å². The molecule has 2 N–H and O–H groups in total. The molecule has 33 heavy (non-hydrogen) atoms. The van der Waals surface area contributed by atoms with Gasteiger partial charge in [-0.05, 0) is 32.8 Å². The maximum Gasteiger partial charge on any atom is 0.235 e. The number of hydrogen-bond donors (Lipinski definition) is 2. The second-order valence-electron chi connectivity index (χ2n) is 6.88. The SMILES string of the molecule is CCOc1cncc(-c2cnc(C)s2)n1.O=CNCc1nccc(NS(=O)(=O)C2CC2)c1F. The summed E-state index contributed by atoms with van der Waals surface area (Å²) in [6, 6.07) is 1.25. The van der Waals surface area contributed by atoms with E-state index in [1.807, 2.05) is 13.8 Å². The van der Waals surface area contributed by atoms with E-state index in [4.69, 9.17) is 4.74 Å². The van der Waals surface area contributed by atoms with Gasteiger partial charge in [0.05, 0.1) is 52.1 Å². The van der Waals surface area contributed by atoms with Crippen molar-refractivity contribution in [1.82, 2.24) is 25.3 Å². The van der Waals surface area contributed by atoms with Gasteiger partial charge in [-0.1, -0.05) is 0 Å². The van der Waals surface area contributed by atoms with Crippen LogP contribution in [0.2, 0.25) is 0 Å². The molecule has 0 unspecified atom stereocenters. The van der Waals surface area contributed by atoms with E-state index in [2.05, 4.69) is 30.0 Å². The Bertz CT molecular complexity index is 1200. The van der Waals surface area contributed by atoms with Crippen molar-refractivity contribution in [1.29, 1.82) is 0 Å². The fourth-order valence-corrected chi connectivity index (χ4v) is 4.73. The summed E-state index contributed by atoms with van der Waals surface area (Å²) in [6.07, 6.45) is 8.04. The van der Waals surface area contributed by atoms with Gasteiger partial charge in [0.15, 0.2) is 5.82 Å². The van der Waals surface area contributed by atoms with Gasteiger partial charge in [-0.3, -0.25) is 19.5 Å². The molecule has 1 aliphatic carbocycles. The zero-order valence-corrected chi connectivity index (χ0v) is 19.6. The number of pyridine rings is 1. The number of carbonyl (C=O) groups is 1. The average molecular weight is 495 g/mol. The van der Waals surface area contributed by atoms with Crippen molar-refractivity contribution in [2.24, 2.45) is 0 Å². The Kier molecular flexibility index (Phi) is 8.22. The Morgan fingerprint density at radius 1 is 1.27 bits per heavy atom. The highest BCUT2D eigenvalue weighted by molar-refractivity contribution is 7.93.